The van der Waals surface area contributed by atoms with Crippen molar-refractivity contribution in [3.8, 4) is 0 Å². The lowest BCUT2D eigenvalue weighted by Crippen LogP contribution is -2.33. The molecule has 0 saturated carbocycles. The molecule has 110 valence electrons. The Morgan fingerprint density at radius 3 is 2.00 bits per heavy atom. The fourth-order valence-electron chi connectivity index (χ4n) is 1.80. The maximum atomic E-state index is 12.0. The number of rotatable bonds is 6. The van der Waals surface area contributed by atoms with Crippen molar-refractivity contribution >= 4 is 23.2 Å². The number of benzene rings is 1. The van der Waals surface area contributed by atoms with Crippen LogP contribution in [0.5, 0.6) is 0 Å². The minimum atomic E-state index is -0.200. The second-order valence-electron chi connectivity index (χ2n) is 5.05. The third-order valence-electron chi connectivity index (χ3n) is 3.15. The van der Waals surface area contributed by atoms with Gasteiger partial charge in [-0.15, -0.1) is 0 Å². The number of nitrogens with one attached hydrogen (secondary N) is 2. The molecule has 0 heterocycles. The van der Waals surface area contributed by atoms with Crippen molar-refractivity contribution < 1.29 is 9.59 Å². The lowest BCUT2D eigenvalue weighted by molar-refractivity contribution is -0.120. The van der Waals surface area contributed by atoms with Crippen molar-refractivity contribution in [3.63, 3.8) is 0 Å². The number of nitrogens with two attached hydrogens (primary N) is 1. The van der Waals surface area contributed by atoms with Crippen LogP contribution in [0.25, 0.3) is 0 Å². The van der Waals surface area contributed by atoms with Gasteiger partial charge in [0.05, 0.1) is 5.92 Å². The molecule has 1 atom stereocenters. The van der Waals surface area contributed by atoms with Crippen molar-refractivity contribution in [2.75, 3.05) is 17.2 Å². The third kappa shape index (κ3) is 4.66. The maximum Gasteiger partial charge on any atom is 0.229 e. The Bertz CT molecular complexity index is 455. The smallest absolute Gasteiger partial charge is 0.229 e. The Labute approximate surface area is 119 Å². The van der Waals surface area contributed by atoms with E-state index in [2.05, 4.69) is 10.6 Å². The summed E-state index contributed by atoms with van der Waals surface area (Å²) in [5, 5.41) is 5.59. The van der Waals surface area contributed by atoms with Gasteiger partial charge in [0.25, 0.3) is 0 Å². The van der Waals surface area contributed by atoms with E-state index in [0.29, 0.717) is 24.3 Å². The molecular weight excluding hydrogens is 254 g/mol. The quantitative estimate of drug-likeness (QED) is 0.745. The Morgan fingerprint density at radius 2 is 1.60 bits per heavy atom. The number of carbonyl (C=O) groups excluding carboxylic acids is 2. The normalized spacial score (nSPS) is 12.1. The standard InChI is InChI=1S/C15H23N3O2/c1-4-14(19)17-11-5-7-12(8-6-11)18-15(20)13(9-16)10(2)3/h5-8,10,13H,4,9,16H2,1-3H3,(H,17,19)(H,18,20). The lowest BCUT2D eigenvalue weighted by Gasteiger charge is -2.18. The minimum absolute atomic E-state index is 0.0372. The molecule has 0 radical (unpaired) electrons. The summed E-state index contributed by atoms with van der Waals surface area (Å²) in [5.41, 5.74) is 7.03. The molecule has 1 unspecified atom stereocenters. The van der Waals surface area contributed by atoms with Crippen molar-refractivity contribution in [1.29, 1.82) is 0 Å². The van der Waals surface area contributed by atoms with E-state index in [1.807, 2.05) is 13.8 Å². The van der Waals surface area contributed by atoms with Crippen LogP contribution in [0, 0.1) is 11.8 Å². The van der Waals surface area contributed by atoms with Crippen LogP contribution in [-0.2, 0) is 9.59 Å². The zero-order valence-corrected chi connectivity index (χ0v) is 12.3. The van der Waals surface area contributed by atoms with Gasteiger partial charge in [-0.3, -0.25) is 9.59 Å². The van der Waals surface area contributed by atoms with E-state index in [9.17, 15) is 9.59 Å². The fourth-order valence-corrected chi connectivity index (χ4v) is 1.80. The molecule has 1 rings (SSSR count). The van der Waals surface area contributed by atoms with Crippen molar-refractivity contribution in [2.24, 2.45) is 17.6 Å². The van der Waals surface area contributed by atoms with Gasteiger partial charge in [-0.2, -0.15) is 0 Å². The summed E-state index contributed by atoms with van der Waals surface area (Å²) in [6, 6.07) is 7.04. The third-order valence-corrected chi connectivity index (χ3v) is 3.15. The molecule has 0 spiro atoms. The average molecular weight is 277 g/mol. The summed E-state index contributed by atoms with van der Waals surface area (Å²) in [5.74, 6) is -0.116. The zero-order chi connectivity index (χ0) is 15.1. The Kier molecular flexibility index (Phi) is 6.18. The van der Waals surface area contributed by atoms with Crippen LogP contribution in [0.2, 0.25) is 0 Å². The topological polar surface area (TPSA) is 84.2 Å². The van der Waals surface area contributed by atoms with Gasteiger partial charge in [-0.05, 0) is 30.2 Å². The van der Waals surface area contributed by atoms with E-state index in [1.165, 1.54) is 0 Å². The van der Waals surface area contributed by atoms with Crippen LogP contribution < -0.4 is 16.4 Å². The molecule has 5 heteroatoms. The van der Waals surface area contributed by atoms with Crippen LogP contribution in [0.15, 0.2) is 24.3 Å². The first-order chi connectivity index (χ1) is 9.47. The van der Waals surface area contributed by atoms with Crippen LogP contribution in [0.4, 0.5) is 11.4 Å². The monoisotopic (exact) mass is 277 g/mol. The molecule has 20 heavy (non-hydrogen) atoms. The van der Waals surface area contributed by atoms with E-state index in [1.54, 1.807) is 31.2 Å². The summed E-state index contributed by atoms with van der Waals surface area (Å²) < 4.78 is 0. The van der Waals surface area contributed by atoms with Crippen LogP contribution in [0.1, 0.15) is 27.2 Å². The first-order valence-electron chi connectivity index (χ1n) is 6.88. The fraction of sp³-hybridized carbons (Fsp3) is 0.467. The lowest BCUT2D eigenvalue weighted by atomic mass is 9.95. The van der Waals surface area contributed by atoms with E-state index in [0.717, 1.165) is 0 Å². The van der Waals surface area contributed by atoms with E-state index >= 15 is 0 Å². The first kappa shape index (κ1) is 16.2. The van der Waals surface area contributed by atoms with Gasteiger partial charge < -0.3 is 16.4 Å². The molecule has 0 aliphatic heterocycles. The summed E-state index contributed by atoms with van der Waals surface area (Å²) in [6.07, 6.45) is 0.436. The van der Waals surface area contributed by atoms with Crippen LogP contribution in [0.3, 0.4) is 0 Å². The predicted octanol–water partition coefficient (Wildman–Crippen LogP) is 2.20. The van der Waals surface area contributed by atoms with Gasteiger partial charge in [0.2, 0.25) is 11.8 Å². The Hall–Kier alpha value is -1.88. The molecule has 0 bridgehead atoms. The second kappa shape index (κ2) is 7.65. The van der Waals surface area contributed by atoms with Gasteiger partial charge in [0.15, 0.2) is 0 Å². The molecule has 0 aromatic heterocycles. The van der Waals surface area contributed by atoms with Gasteiger partial charge in [-0.25, -0.2) is 0 Å². The number of anilines is 2. The highest BCUT2D eigenvalue weighted by atomic mass is 16.2. The van der Waals surface area contributed by atoms with Crippen LogP contribution >= 0.6 is 0 Å². The van der Waals surface area contributed by atoms with E-state index in [-0.39, 0.29) is 23.7 Å². The van der Waals surface area contributed by atoms with Gasteiger partial charge >= 0.3 is 0 Å². The van der Waals surface area contributed by atoms with Gasteiger partial charge in [-0.1, -0.05) is 20.8 Å². The SMILES string of the molecule is CCC(=O)Nc1ccc(NC(=O)C(CN)C(C)C)cc1. The summed E-state index contributed by atoms with van der Waals surface area (Å²) in [6.45, 7) is 6.07. The molecule has 0 aliphatic rings. The Balaban J connectivity index is 2.65. The Morgan fingerprint density at radius 1 is 1.10 bits per heavy atom. The van der Waals surface area contributed by atoms with E-state index in [4.69, 9.17) is 5.73 Å². The minimum Gasteiger partial charge on any atom is -0.330 e. The predicted molar refractivity (Wildman–Crippen MR) is 81.4 cm³/mol. The highest BCUT2D eigenvalue weighted by Crippen LogP contribution is 2.16. The molecule has 0 aliphatic carbocycles. The zero-order valence-electron chi connectivity index (χ0n) is 12.3. The first-order valence-corrected chi connectivity index (χ1v) is 6.88. The van der Waals surface area contributed by atoms with E-state index < -0.39 is 0 Å². The van der Waals surface area contributed by atoms with Gasteiger partial charge in [0, 0.05) is 24.3 Å². The van der Waals surface area contributed by atoms with Crippen molar-refractivity contribution in [3.05, 3.63) is 24.3 Å². The molecule has 0 fully saturated rings. The van der Waals surface area contributed by atoms with Crippen LogP contribution in [-0.4, -0.2) is 18.4 Å². The number of carbonyl (C=O) groups is 2. The molecule has 5 nitrogen and oxygen atoms in total. The molecule has 1 aromatic carbocycles. The second-order valence-corrected chi connectivity index (χ2v) is 5.05. The van der Waals surface area contributed by atoms with Gasteiger partial charge in [0.1, 0.15) is 0 Å². The molecule has 0 saturated heterocycles. The highest BCUT2D eigenvalue weighted by Gasteiger charge is 2.20. The number of amides is 2. The average Bonchev–Trinajstić information content (AvgIpc) is 2.41. The summed E-state index contributed by atoms with van der Waals surface area (Å²) in [7, 11) is 0. The maximum absolute atomic E-state index is 12.0. The summed E-state index contributed by atoms with van der Waals surface area (Å²) in [4.78, 5) is 23.3. The number of hydrogen-bond acceptors (Lipinski definition) is 3. The molecular formula is C15H23N3O2. The molecule has 1 aromatic rings. The highest BCUT2D eigenvalue weighted by molar-refractivity contribution is 5.94. The number of hydrogen-bond donors (Lipinski definition) is 3. The summed E-state index contributed by atoms with van der Waals surface area (Å²) >= 11 is 0. The molecule has 4 N–H and O–H groups in total. The largest absolute Gasteiger partial charge is 0.330 e. The van der Waals surface area contributed by atoms with Crippen molar-refractivity contribution in [1.82, 2.24) is 0 Å². The molecule has 2 amide bonds. The van der Waals surface area contributed by atoms with Crippen molar-refractivity contribution in [2.45, 2.75) is 27.2 Å².